The van der Waals surface area contributed by atoms with Crippen molar-refractivity contribution < 1.29 is 4.79 Å². The first-order valence-electron chi connectivity index (χ1n) is 4.88. The number of fused-ring (bicyclic) bond motifs is 1. The molecule has 3 heteroatoms. The summed E-state index contributed by atoms with van der Waals surface area (Å²) in [5, 5.41) is 0. The maximum absolute atomic E-state index is 12.1. The smallest absolute Gasteiger partial charge is 0.157 e. The van der Waals surface area contributed by atoms with E-state index in [1.54, 1.807) is 0 Å². The number of carbonyl (C=O) groups is 1. The number of benzene rings is 1. The molecule has 0 saturated carbocycles. The Morgan fingerprint density at radius 3 is 2.40 bits per heavy atom. The van der Waals surface area contributed by atoms with Crippen molar-refractivity contribution in [1.29, 1.82) is 0 Å². The maximum atomic E-state index is 12.1. The first-order valence-corrected chi connectivity index (χ1v) is 6.71. The molecule has 1 nitrogen and oxygen atoms in total. The number of rotatable bonds is 0. The highest BCUT2D eigenvalue weighted by atomic mass is 79.9. The van der Waals surface area contributed by atoms with E-state index in [2.05, 4.69) is 37.9 Å². The molecule has 1 aliphatic carbocycles. The van der Waals surface area contributed by atoms with Crippen LogP contribution in [0.1, 0.15) is 29.8 Å². The topological polar surface area (TPSA) is 17.1 Å². The summed E-state index contributed by atoms with van der Waals surface area (Å²) in [6.07, 6.45) is 0. The molecule has 0 bridgehead atoms. The van der Waals surface area contributed by atoms with Crippen LogP contribution in [0.3, 0.4) is 0 Å². The number of halogens is 2. The molecule has 0 N–H and O–H groups in total. The highest BCUT2D eigenvalue weighted by Gasteiger charge is 2.44. The van der Waals surface area contributed by atoms with Crippen molar-refractivity contribution in [2.75, 3.05) is 0 Å². The largest absolute Gasteiger partial charge is 0.297 e. The number of ketones is 1. The van der Waals surface area contributed by atoms with Crippen molar-refractivity contribution >= 4 is 37.6 Å². The Balaban J connectivity index is 2.66. The van der Waals surface area contributed by atoms with Gasteiger partial charge in [0.1, 0.15) is 0 Å². The average molecular weight is 332 g/mol. The zero-order chi connectivity index (χ0) is 11.2. The third-order valence-electron chi connectivity index (χ3n) is 3.05. The second kappa shape index (κ2) is 3.70. The Bertz CT molecular complexity index is 412. The van der Waals surface area contributed by atoms with Crippen molar-refractivity contribution in [1.82, 2.24) is 0 Å². The van der Waals surface area contributed by atoms with Gasteiger partial charge in [0.2, 0.25) is 0 Å². The fourth-order valence-corrected chi connectivity index (χ4v) is 3.57. The van der Waals surface area contributed by atoms with Gasteiger partial charge in [0.15, 0.2) is 5.78 Å². The molecule has 2 rings (SSSR count). The van der Waals surface area contributed by atoms with E-state index in [9.17, 15) is 4.79 Å². The summed E-state index contributed by atoms with van der Waals surface area (Å²) >= 11 is 7.04. The van der Waals surface area contributed by atoms with Gasteiger partial charge in [-0.3, -0.25) is 4.79 Å². The van der Waals surface area contributed by atoms with E-state index in [0.717, 1.165) is 5.56 Å². The predicted octanol–water partition coefficient (Wildman–Crippen LogP) is 3.75. The highest BCUT2D eigenvalue weighted by molar-refractivity contribution is 9.12. The normalized spacial score (nSPS) is 28.7. The third kappa shape index (κ3) is 1.60. The standard InChI is InChI=1S/C12H12Br2O/c1-12(2)8-6-4-3-5-7(8)9(13)10(14)11(12)15/h3-6,9-10H,1-2H3. The van der Waals surface area contributed by atoms with Crippen LogP contribution in [0.4, 0.5) is 0 Å². The molecule has 0 saturated heterocycles. The summed E-state index contributed by atoms with van der Waals surface area (Å²) < 4.78 is 0. The Morgan fingerprint density at radius 2 is 1.73 bits per heavy atom. The summed E-state index contributed by atoms with van der Waals surface area (Å²) in [7, 11) is 0. The molecule has 0 spiro atoms. The fourth-order valence-electron chi connectivity index (χ4n) is 2.07. The molecule has 0 radical (unpaired) electrons. The van der Waals surface area contributed by atoms with Gasteiger partial charge in [-0.1, -0.05) is 56.1 Å². The Morgan fingerprint density at radius 1 is 1.13 bits per heavy atom. The van der Waals surface area contributed by atoms with Crippen LogP contribution in [0.25, 0.3) is 0 Å². The van der Waals surface area contributed by atoms with Crippen molar-refractivity contribution in [2.24, 2.45) is 0 Å². The van der Waals surface area contributed by atoms with Crippen LogP contribution in [0.5, 0.6) is 0 Å². The molecule has 2 unspecified atom stereocenters. The number of carbonyl (C=O) groups excluding carboxylic acids is 1. The summed E-state index contributed by atoms with van der Waals surface area (Å²) in [4.78, 5) is 12.1. The lowest BCUT2D eigenvalue weighted by Crippen LogP contribution is -2.42. The monoisotopic (exact) mass is 330 g/mol. The molecular formula is C12H12Br2O. The molecule has 80 valence electrons. The zero-order valence-corrected chi connectivity index (χ0v) is 11.8. The Labute approximate surface area is 107 Å². The van der Waals surface area contributed by atoms with Crippen molar-refractivity contribution in [3.05, 3.63) is 35.4 Å². The molecule has 15 heavy (non-hydrogen) atoms. The highest BCUT2D eigenvalue weighted by Crippen LogP contribution is 2.45. The van der Waals surface area contributed by atoms with E-state index >= 15 is 0 Å². The number of hydrogen-bond acceptors (Lipinski definition) is 1. The first kappa shape index (κ1) is 11.3. The second-order valence-corrected chi connectivity index (χ2v) is 6.35. The molecule has 2 atom stereocenters. The zero-order valence-electron chi connectivity index (χ0n) is 8.63. The van der Waals surface area contributed by atoms with Crippen LogP contribution in [0.15, 0.2) is 24.3 Å². The lowest BCUT2D eigenvalue weighted by atomic mass is 9.72. The molecule has 0 aliphatic heterocycles. The summed E-state index contributed by atoms with van der Waals surface area (Å²) in [5.41, 5.74) is 1.95. The van der Waals surface area contributed by atoms with Gasteiger partial charge in [-0.05, 0) is 25.0 Å². The summed E-state index contributed by atoms with van der Waals surface area (Å²) in [6.45, 7) is 3.97. The van der Waals surface area contributed by atoms with Gasteiger partial charge in [-0.25, -0.2) is 0 Å². The SMILES string of the molecule is CC1(C)C(=O)C(Br)C(Br)c2ccccc21. The molecule has 0 fully saturated rings. The minimum Gasteiger partial charge on any atom is -0.297 e. The summed E-state index contributed by atoms with van der Waals surface area (Å²) in [6, 6.07) is 8.12. The van der Waals surface area contributed by atoms with Crippen molar-refractivity contribution in [3.8, 4) is 0 Å². The van der Waals surface area contributed by atoms with E-state index in [-0.39, 0.29) is 15.4 Å². The van der Waals surface area contributed by atoms with Gasteiger partial charge in [-0.15, -0.1) is 0 Å². The lowest BCUT2D eigenvalue weighted by Gasteiger charge is -2.36. The van der Waals surface area contributed by atoms with Crippen LogP contribution in [0, 0.1) is 0 Å². The van der Waals surface area contributed by atoms with Crippen LogP contribution in [0.2, 0.25) is 0 Å². The van der Waals surface area contributed by atoms with Crippen molar-refractivity contribution in [2.45, 2.75) is 28.9 Å². The lowest BCUT2D eigenvalue weighted by molar-refractivity contribution is -0.123. The van der Waals surface area contributed by atoms with E-state index in [1.165, 1.54) is 5.56 Å². The Kier molecular flexibility index (Phi) is 2.80. The maximum Gasteiger partial charge on any atom is 0.157 e. The van der Waals surface area contributed by atoms with E-state index < -0.39 is 5.41 Å². The van der Waals surface area contributed by atoms with Gasteiger partial charge < -0.3 is 0 Å². The molecule has 1 aromatic carbocycles. The molecular weight excluding hydrogens is 320 g/mol. The van der Waals surface area contributed by atoms with Crippen molar-refractivity contribution in [3.63, 3.8) is 0 Å². The van der Waals surface area contributed by atoms with Gasteiger partial charge in [0.25, 0.3) is 0 Å². The summed E-state index contributed by atoms with van der Waals surface area (Å²) in [5.74, 6) is 0.239. The van der Waals surface area contributed by atoms with Crippen LogP contribution in [-0.4, -0.2) is 10.6 Å². The van der Waals surface area contributed by atoms with Gasteiger partial charge >= 0.3 is 0 Å². The fraction of sp³-hybridized carbons (Fsp3) is 0.417. The molecule has 0 amide bonds. The molecule has 1 aliphatic rings. The molecule has 0 aromatic heterocycles. The van der Waals surface area contributed by atoms with Crippen LogP contribution >= 0.6 is 31.9 Å². The second-order valence-electron chi connectivity index (χ2n) is 4.38. The van der Waals surface area contributed by atoms with E-state index in [4.69, 9.17) is 0 Å². The number of hydrogen-bond donors (Lipinski definition) is 0. The van der Waals surface area contributed by atoms with Gasteiger partial charge in [0, 0.05) is 5.41 Å². The van der Waals surface area contributed by atoms with E-state index in [0.29, 0.717) is 0 Å². The van der Waals surface area contributed by atoms with Gasteiger partial charge in [-0.2, -0.15) is 0 Å². The minimum atomic E-state index is -0.394. The van der Waals surface area contributed by atoms with Gasteiger partial charge in [0.05, 0.1) is 9.65 Å². The van der Waals surface area contributed by atoms with Crippen LogP contribution < -0.4 is 0 Å². The average Bonchev–Trinajstić information content (AvgIpc) is 2.24. The quantitative estimate of drug-likeness (QED) is 0.662. The first-order chi connectivity index (χ1) is 6.96. The molecule has 0 heterocycles. The molecule has 1 aromatic rings. The van der Waals surface area contributed by atoms with Crippen LogP contribution in [-0.2, 0) is 10.2 Å². The minimum absolute atomic E-state index is 0.0780. The third-order valence-corrected chi connectivity index (χ3v) is 5.73. The Hall–Kier alpha value is -0.150. The van der Waals surface area contributed by atoms with E-state index in [1.807, 2.05) is 32.0 Å². The predicted molar refractivity (Wildman–Crippen MR) is 68.9 cm³/mol. The number of Topliss-reactive ketones (excluding diaryl/α,β-unsaturated/α-hetero) is 1. The number of alkyl halides is 2.